The van der Waals surface area contributed by atoms with Crippen LogP contribution in [0, 0.1) is 17.8 Å². The Morgan fingerprint density at radius 2 is 1.23 bits per heavy atom. The van der Waals surface area contributed by atoms with E-state index in [1.54, 1.807) is 48.5 Å². The number of benzene rings is 2. The molecule has 0 aromatic heterocycles. The fraction of sp³-hybridized carbons (Fsp3) is 0.435. The number of hydrogen-bond donors (Lipinski definition) is 3. The number of amides is 1. The van der Waals surface area contributed by atoms with Gasteiger partial charge in [0, 0.05) is 5.92 Å². The molecule has 7 nitrogen and oxygen atoms in total. The molecular weight excluding hydrogens is 386 g/mol. The summed E-state index contributed by atoms with van der Waals surface area (Å²) in [6.45, 7) is 8.46. The Kier molecular flexibility index (Phi) is 7.80. The van der Waals surface area contributed by atoms with E-state index in [0.717, 1.165) is 0 Å². The number of phenolic OH excluding ortho intramolecular Hbond substituents is 2. The number of carbonyl (C=O) groups excluding carboxylic acids is 1. The highest BCUT2D eigenvalue weighted by Crippen LogP contribution is 2.36. The van der Waals surface area contributed by atoms with Crippen LogP contribution in [0.15, 0.2) is 48.5 Å². The standard InChI is InChI=1S/C23H31NO6/c1-15(13-28-19-9-5-17(25)6-10-19)21(23(3,4)30-22(24)27)16(2)14-29-20-11-7-18(26)8-12-20/h5-12,15-16,21,25-26H,13-14H2,1-4H3,(H2,24,27)/t15-,16-/m1/s1. The third-order valence-electron chi connectivity index (χ3n) is 5.09. The predicted octanol–water partition coefficient (Wildman–Crippen LogP) is 4.32. The summed E-state index contributed by atoms with van der Waals surface area (Å²) in [5.74, 6) is 1.48. The zero-order valence-corrected chi connectivity index (χ0v) is 17.9. The second-order valence-electron chi connectivity index (χ2n) is 8.11. The van der Waals surface area contributed by atoms with E-state index in [2.05, 4.69) is 0 Å². The maximum absolute atomic E-state index is 11.5. The SMILES string of the molecule is C[C@H](COc1ccc(O)cc1)C([C@H](C)COc1ccc(O)cc1)C(C)(C)OC(N)=O. The van der Waals surface area contributed by atoms with Crippen molar-refractivity contribution in [1.82, 2.24) is 0 Å². The fourth-order valence-electron chi connectivity index (χ4n) is 4.01. The van der Waals surface area contributed by atoms with Crippen molar-refractivity contribution in [2.24, 2.45) is 23.5 Å². The molecule has 1 amide bonds. The van der Waals surface area contributed by atoms with Crippen molar-refractivity contribution in [3.05, 3.63) is 48.5 Å². The molecule has 0 radical (unpaired) electrons. The summed E-state index contributed by atoms with van der Waals surface area (Å²) in [7, 11) is 0. The highest BCUT2D eigenvalue weighted by atomic mass is 16.6. The molecule has 0 heterocycles. The van der Waals surface area contributed by atoms with Crippen molar-refractivity contribution in [2.75, 3.05) is 13.2 Å². The summed E-state index contributed by atoms with van der Waals surface area (Å²) in [5.41, 5.74) is 4.46. The van der Waals surface area contributed by atoms with Crippen LogP contribution < -0.4 is 15.2 Å². The lowest BCUT2D eigenvalue weighted by Crippen LogP contribution is -2.47. The van der Waals surface area contributed by atoms with Gasteiger partial charge in [0.2, 0.25) is 0 Å². The Bertz CT molecular complexity index is 748. The van der Waals surface area contributed by atoms with Gasteiger partial charge in [-0.15, -0.1) is 0 Å². The molecule has 2 aromatic rings. The molecular formula is C23H31NO6. The third kappa shape index (κ3) is 6.76. The molecule has 0 unspecified atom stereocenters. The van der Waals surface area contributed by atoms with Crippen LogP contribution in [-0.4, -0.2) is 35.1 Å². The number of rotatable bonds is 10. The van der Waals surface area contributed by atoms with E-state index < -0.39 is 11.7 Å². The van der Waals surface area contributed by atoms with Crippen molar-refractivity contribution in [1.29, 1.82) is 0 Å². The molecule has 30 heavy (non-hydrogen) atoms. The molecule has 2 aromatic carbocycles. The lowest BCUT2D eigenvalue weighted by molar-refractivity contribution is -0.0563. The van der Waals surface area contributed by atoms with E-state index in [4.69, 9.17) is 19.9 Å². The first-order chi connectivity index (χ1) is 14.1. The van der Waals surface area contributed by atoms with Gasteiger partial charge in [0.1, 0.15) is 28.6 Å². The van der Waals surface area contributed by atoms with E-state index in [9.17, 15) is 15.0 Å². The number of phenols is 2. The van der Waals surface area contributed by atoms with Crippen LogP contribution in [0.3, 0.4) is 0 Å². The van der Waals surface area contributed by atoms with Crippen LogP contribution in [0.2, 0.25) is 0 Å². The van der Waals surface area contributed by atoms with Gasteiger partial charge >= 0.3 is 6.09 Å². The first kappa shape index (κ1) is 23.2. The predicted molar refractivity (Wildman–Crippen MR) is 114 cm³/mol. The smallest absolute Gasteiger partial charge is 0.405 e. The summed E-state index contributed by atoms with van der Waals surface area (Å²) in [6.07, 6.45) is -0.830. The average molecular weight is 418 g/mol. The molecule has 0 spiro atoms. The fourth-order valence-corrected chi connectivity index (χ4v) is 4.01. The van der Waals surface area contributed by atoms with Crippen molar-refractivity contribution in [3.8, 4) is 23.0 Å². The van der Waals surface area contributed by atoms with Crippen LogP contribution in [0.25, 0.3) is 0 Å². The second kappa shape index (κ2) is 10.1. The van der Waals surface area contributed by atoms with Gasteiger partial charge < -0.3 is 30.2 Å². The molecule has 4 N–H and O–H groups in total. The van der Waals surface area contributed by atoms with Crippen molar-refractivity contribution >= 4 is 6.09 Å². The van der Waals surface area contributed by atoms with Gasteiger partial charge in [0.15, 0.2) is 0 Å². The lowest BCUT2D eigenvalue weighted by atomic mass is 9.73. The number of ether oxygens (including phenoxy) is 3. The molecule has 0 saturated heterocycles. The van der Waals surface area contributed by atoms with Crippen molar-refractivity contribution in [3.63, 3.8) is 0 Å². The molecule has 0 aliphatic rings. The van der Waals surface area contributed by atoms with Gasteiger partial charge in [0.05, 0.1) is 13.2 Å². The lowest BCUT2D eigenvalue weighted by Gasteiger charge is -2.40. The molecule has 2 rings (SSSR count). The van der Waals surface area contributed by atoms with Crippen LogP contribution >= 0.6 is 0 Å². The van der Waals surface area contributed by atoms with Gasteiger partial charge in [-0.3, -0.25) is 0 Å². The topological polar surface area (TPSA) is 111 Å². The quantitative estimate of drug-likeness (QED) is 0.531. The third-order valence-corrected chi connectivity index (χ3v) is 5.09. The summed E-state index contributed by atoms with van der Waals surface area (Å²) in [4.78, 5) is 11.5. The number of nitrogens with two attached hydrogens (primary N) is 1. The largest absolute Gasteiger partial charge is 0.508 e. The van der Waals surface area contributed by atoms with Gasteiger partial charge in [0.25, 0.3) is 0 Å². The average Bonchev–Trinajstić information content (AvgIpc) is 2.66. The molecule has 0 saturated carbocycles. The summed E-state index contributed by atoms with van der Waals surface area (Å²) >= 11 is 0. The van der Waals surface area contributed by atoms with Crippen LogP contribution in [0.4, 0.5) is 4.79 Å². The minimum atomic E-state index is -0.846. The van der Waals surface area contributed by atoms with E-state index in [0.29, 0.717) is 24.7 Å². The zero-order valence-electron chi connectivity index (χ0n) is 17.9. The summed E-state index contributed by atoms with van der Waals surface area (Å²) in [6, 6.07) is 13.0. The second-order valence-corrected chi connectivity index (χ2v) is 8.11. The highest BCUT2D eigenvalue weighted by molar-refractivity contribution is 5.65. The molecule has 0 aliphatic heterocycles. The van der Waals surface area contributed by atoms with Crippen molar-refractivity contribution < 1.29 is 29.2 Å². The number of aromatic hydroxyl groups is 2. The Hall–Kier alpha value is -3.09. The van der Waals surface area contributed by atoms with Gasteiger partial charge in [-0.1, -0.05) is 13.8 Å². The van der Waals surface area contributed by atoms with Gasteiger partial charge in [-0.05, 0) is 74.2 Å². The molecule has 0 bridgehead atoms. The minimum absolute atomic E-state index is 0.00780. The number of hydrogen-bond acceptors (Lipinski definition) is 6. The molecule has 0 fully saturated rings. The minimum Gasteiger partial charge on any atom is -0.508 e. The van der Waals surface area contributed by atoms with Crippen LogP contribution in [-0.2, 0) is 4.74 Å². The normalized spacial score (nSPS) is 13.5. The Balaban J connectivity index is 2.10. The van der Waals surface area contributed by atoms with Gasteiger partial charge in [-0.2, -0.15) is 0 Å². The molecule has 0 aliphatic carbocycles. The maximum Gasteiger partial charge on any atom is 0.405 e. The Labute approximate surface area is 177 Å². The van der Waals surface area contributed by atoms with Gasteiger partial charge in [-0.25, -0.2) is 4.79 Å². The van der Waals surface area contributed by atoms with E-state index in [1.165, 1.54) is 0 Å². The first-order valence-electron chi connectivity index (χ1n) is 9.90. The first-order valence-corrected chi connectivity index (χ1v) is 9.90. The van der Waals surface area contributed by atoms with E-state index in [1.807, 2.05) is 27.7 Å². The van der Waals surface area contributed by atoms with Crippen molar-refractivity contribution in [2.45, 2.75) is 33.3 Å². The summed E-state index contributed by atoms with van der Waals surface area (Å²) in [5, 5.41) is 18.8. The molecule has 164 valence electrons. The Morgan fingerprint density at radius 3 is 1.57 bits per heavy atom. The van der Waals surface area contributed by atoms with E-state index in [-0.39, 0.29) is 29.3 Å². The number of carbonyl (C=O) groups is 1. The Morgan fingerprint density at radius 1 is 0.867 bits per heavy atom. The number of primary amides is 1. The molecule has 7 heteroatoms. The maximum atomic E-state index is 11.5. The van der Waals surface area contributed by atoms with Crippen LogP contribution in [0.1, 0.15) is 27.7 Å². The zero-order chi connectivity index (χ0) is 22.3. The van der Waals surface area contributed by atoms with Crippen LogP contribution in [0.5, 0.6) is 23.0 Å². The summed E-state index contributed by atoms with van der Waals surface area (Å²) < 4.78 is 17.2. The van der Waals surface area contributed by atoms with E-state index >= 15 is 0 Å². The monoisotopic (exact) mass is 417 g/mol. The molecule has 2 atom stereocenters. The highest BCUT2D eigenvalue weighted by Gasteiger charge is 2.41.